The number of hydrogen-bond donors (Lipinski definition) is 2. The van der Waals surface area contributed by atoms with Crippen molar-refractivity contribution < 1.29 is 17.9 Å². The third-order valence-electron chi connectivity index (χ3n) is 4.82. The molecule has 1 aliphatic heterocycles. The number of sulfonamides is 1. The summed E-state index contributed by atoms with van der Waals surface area (Å²) in [6.45, 7) is 5.78. The molecule has 0 aliphatic carbocycles. The van der Waals surface area contributed by atoms with Gasteiger partial charge in [-0.15, -0.1) is 0 Å². The van der Waals surface area contributed by atoms with Crippen LogP contribution < -0.4 is 11.1 Å². The molecule has 8 heteroatoms. The molecule has 2 rings (SSSR count). The number of amides is 1. The van der Waals surface area contributed by atoms with Crippen molar-refractivity contribution in [2.75, 3.05) is 32.8 Å². The van der Waals surface area contributed by atoms with Crippen molar-refractivity contribution in [2.24, 2.45) is 5.73 Å². The van der Waals surface area contributed by atoms with Crippen molar-refractivity contribution in [1.29, 1.82) is 0 Å². The Kier molecular flexibility index (Phi) is 8.22. The van der Waals surface area contributed by atoms with E-state index in [9.17, 15) is 13.2 Å². The second-order valence-electron chi connectivity index (χ2n) is 6.74. The lowest BCUT2D eigenvalue weighted by molar-refractivity contribution is 0.0730. The predicted molar refractivity (Wildman–Crippen MR) is 105 cm³/mol. The molecular weight excluding hydrogens is 366 g/mol. The zero-order valence-electron chi connectivity index (χ0n) is 16.2. The number of ether oxygens (including phenoxy) is 1. The molecule has 0 bridgehead atoms. The Bertz CT molecular complexity index is 730. The molecule has 0 saturated carbocycles. The van der Waals surface area contributed by atoms with Gasteiger partial charge in [0.1, 0.15) is 0 Å². The maximum atomic E-state index is 13.1. The fourth-order valence-electron chi connectivity index (χ4n) is 3.12. The molecule has 152 valence electrons. The Morgan fingerprint density at radius 1 is 1.30 bits per heavy atom. The van der Waals surface area contributed by atoms with E-state index < -0.39 is 10.0 Å². The van der Waals surface area contributed by atoms with E-state index in [0.29, 0.717) is 50.4 Å². The zero-order valence-corrected chi connectivity index (χ0v) is 17.1. The monoisotopic (exact) mass is 397 g/mol. The van der Waals surface area contributed by atoms with E-state index >= 15 is 0 Å². The topological polar surface area (TPSA) is 102 Å². The summed E-state index contributed by atoms with van der Waals surface area (Å²) < 4.78 is 32.8. The van der Waals surface area contributed by atoms with Gasteiger partial charge in [0.15, 0.2) is 0 Å². The molecule has 0 radical (unpaired) electrons. The summed E-state index contributed by atoms with van der Waals surface area (Å²) in [7, 11) is -3.66. The summed E-state index contributed by atoms with van der Waals surface area (Å²) in [4.78, 5) is 12.8. The van der Waals surface area contributed by atoms with Crippen LogP contribution in [0.3, 0.4) is 0 Å². The minimum atomic E-state index is -3.66. The molecule has 1 amide bonds. The van der Waals surface area contributed by atoms with Gasteiger partial charge in [-0.3, -0.25) is 4.79 Å². The minimum absolute atomic E-state index is 0.109. The quantitative estimate of drug-likeness (QED) is 0.658. The summed E-state index contributed by atoms with van der Waals surface area (Å²) in [6, 6.07) is 4.79. The van der Waals surface area contributed by atoms with Crippen molar-refractivity contribution >= 4 is 15.9 Å². The standard InChI is InChI=1S/C19H31N3O4S/c1-3-5-6-17(14-20)21-19(23)16-8-7-15(4-2)18(13-16)27(24,25)22-9-11-26-12-10-22/h7-8,13,17H,3-6,9-12,14,20H2,1-2H3,(H,21,23). The molecule has 27 heavy (non-hydrogen) atoms. The van der Waals surface area contributed by atoms with Gasteiger partial charge in [-0.25, -0.2) is 8.42 Å². The van der Waals surface area contributed by atoms with E-state index in [-0.39, 0.29) is 16.8 Å². The van der Waals surface area contributed by atoms with Crippen LogP contribution in [0, 0.1) is 0 Å². The second kappa shape index (κ2) is 10.2. The predicted octanol–water partition coefficient (Wildman–Crippen LogP) is 1.52. The summed E-state index contributed by atoms with van der Waals surface area (Å²) in [6.07, 6.45) is 3.39. The lowest BCUT2D eigenvalue weighted by Crippen LogP contribution is -2.41. The Labute approximate surface area is 162 Å². The van der Waals surface area contributed by atoms with Crippen LogP contribution in [-0.4, -0.2) is 57.5 Å². The number of morpholine rings is 1. The first-order valence-corrected chi connectivity index (χ1v) is 11.1. The van der Waals surface area contributed by atoms with Crippen molar-refractivity contribution in [2.45, 2.75) is 50.5 Å². The Morgan fingerprint density at radius 3 is 2.59 bits per heavy atom. The number of hydrogen-bond acceptors (Lipinski definition) is 5. The molecule has 1 atom stereocenters. The highest BCUT2D eigenvalue weighted by Crippen LogP contribution is 2.23. The van der Waals surface area contributed by atoms with E-state index in [1.807, 2.05) is 6.92 Å². The van der Waals surface area contributed by atoms with Crippen LogP contribution in [0.1, 0.15) is 49.0 Å². The first-order valence-electron chi connectivity index (χ1n) is 9.65. The van der Waals surface area contributed by atoms with Gasteiger partial charge in [0.25, 0.3) is 5.91 Å². The van der Waals surface area contributed by atoms with Crippen LogP contribution in [0.25, 0.3) is 0 Å². The Balaban J connectivity index is 2.27. The number of carbonyl (C=O) groups is 1. The summed E-state index contributed by atoms with van der Waals surface area (Å²) in [5.41, 5.74) is 6.80. The molecule has 7 nitrogen and oxygen atoms in total. The highest BCUT2D eigenvalue weighted by molar-refractivity contribution is 7.89. The molecule has 3 N–H and O–H groups in total. The van der Waals surface area contributed by atoms with Crippen LogP contribution in [-0.2, 0) is 21.2 Å². The zero-order chi connectivity index (χ0) is 19.9. The van der Waals surface area contributed by atoms with Gasteiger partial charge in [-0.05, 0) is 30.5 Å². The lowest BCUT2D eigenvalue weighted by Gasteiger charge is -2.27. The summed E-state index contributed by atoms with van der Waals surface area (Å²) >= 11 is 0. The van der Waals surface area contributed by atoms with Crippen LogP contribution in [0.2, 0.25) is 0 Å². The molecule has 0 spiro atoms. The van der Waals surface area contributed by atoms with Crippen LogP contribution in [0.5, 0.6) is 0 Å². The summed E-state index contributed by atoms with van der Waals surface area (Å²) in [5.74, 6) is -0.289. The van der Waals surface area contributed by atoms with Gasteiger partial charge >= 0.3 is 0 Å². The van der Waals surface area contributed by atoms with Crippen LogP contribution in [0.15, 0.2) is 23.1 Å². The average molecular weight is 398 g/mol. The molecule has 1 aromatic carbocycles. The van der Waals surface area contributed by atoms with Gasteiger partial charge in [-0.2, -0.15) is 4.31 Å². The van der Waals surface area contributed by atoms with Crippen molar-refractivity contribution in [1.82, 2.24) is 9.62 Å². The first-order chi connectivity index (χ1) is 12.9. The van der Waals surface area contributed by atoms with Gasteiger partial charge in [0, 0.05) is 31.2 Å². The van der Waals surface area contributed by atoms with Gasteiger partial charge in [0.05, 0.1) is 18.1 Å². The van der Waals surface area contributed by atoms with Gasteiger partial charge in [-0.1, -0.05) is 32.8 Å². The van der Waals surface area contributed by atoms with E-state index in [4.69, 9.17) is 10.5 Å². The summed E-state index contributed by atoms with van der Waals surface area (Å²) in [5, 5.41) is 2.92. The molecule has 1 unspecified atom stereocenters. The number of nitrogens with two attached hydrogens (primary N) is 1. The normalized spacial score (nSPS) is 16.9. The third-order valence-corrected chi connectivity index (χ3v) is 6.80. The largest absolute Gasteiger partial charge is 0.379 e. The highest BCUT2D eigenvalue weighted by atomic mass is 32.2. The van der Waals surface area contributed by atoms with E-state index in [0.717, 1.165) is 19.3 Å². The second-order valence-corrected chi connectivity index (χ2v) is 8.65. The maximum absolute atomic E-state index is 13.1. The van der Waals surface area contributed by atoms with Gasteiger partial charge in [0.2, 0.25) is 10.0 Å². The highest BCUT2D eigenvalue weighted by Gasteiger charge is 2.29. The smallest absolute Gasteiger partial charge is 0.251 e. The fraction of sp³-hybridized carbons (Fsp3) is 0.632. The molecule has 1 aromatic rings. The maximum Gasteiger partial charge on any atom is 0.251 e. The van der Waals surface area contributed by atoms with Crippen molar-refractivity contribution in [3.8, 4) is 0 Å². The Morgan fingerprint density at radius 2 is 2.00 bits per heavy atom. The number of rotatable bonds is 9. The number of carbonyl (C=O) groups excluding carboxylic acids is 1. The molecule has 1 saturated heterocycles. The average Bonchev–Trinajstić information content (AvgIpc) is 2.71. The van der Waals surface area contributed by atoms with Crippen molar-refractivity contribution in [3.63, 3.8) is 0 Å². The molecule has 1 aliphatic rings. The van der Waals surface area contributed by atoms with E-state index in [2.05, 4.69) is 12.2 Å². The number of benzene rings is 1. The van der Waals surface area contributed by atoms with E-state index in [1.165, 1.54) is 10.4 Å². The molecule has 1 fully saturated rings. The lowest BCUT2D eigenvalue weighted by atomic mass is 10.1. The van der Waals surface area contributed by atoms with Crippen LogP contribution >= 0.6 is 0 Å². The van der Waals surface area contributed by atoms with Gasteiger partial charge < -0.3 is 15.8 Å². The molecule has 1 heterocycles. The molecule has 0 aromatic heterocycles. The number of nitrogens with zero attached hydrogens (tertiary/aromatic N) is 1. The fourth-order valence-corrected chi connectivity index (χ4v) is 4.85. The molecular formula is C19H31N3O4S. The van der Waals surface area contributed by atoms with Crippen LogP contribution in [0.4, 0.5) is 0 Å². The number of aryl methyl sites for hydroxylation is 1. The number of nitrogens with one attached hydrogen (secondary N) is 1. The minimum Gasteiger partial charge on any atom is -0.379 e. The Hall–Kier alpha value is -1.48. The number of unbranched alkanes of at least 4 members (excludes halogenated alkanes) is 1. The van der Waals surface area contributed by atoms with Crippen molar-refractivity contribution in [3.05, 3.63) is 29.3 Å². The first kappa shape index (κ1) is 21.8. The SMILES string of the molecule is CCCCC(CN)NC(=O)c1ccc(CC)c(S(=O)(=O)N2CCOCC2)c1. The third kappa shape index (κ3) is 5.51. The van der Waals surface area contributed by atoms with E-state index in [1.54, 1.807) is 12.1 Å².